The van der Waals surface area contributed by atoms with Crippen molar-refractivity contribution in [3.63, 3.8) is 0 Å². The second-order valence-corrected chi connectivity index (χ2v) is 18.4. The average Bonchev–Trinajstić information content (AvgIpc) is 3.13. The van der Waals surface area contributed by atoms with E-state index in [2.05, 4.69) is 90.1 Å². The number of aliphatic hydroxyl groups is 2. The van der Waals surface area contributed by atoms with Gasteiger partial charge in [-0.15, -0.1) is 6.58 Å². The Balaban J connectivity index is 0. The number of unbranched alkanes of at least 4 members (excludes halogenated alkanes) is 15. The van der Waals surface area contributed by atoms with E-state index in [0.717, 1.165) is 55.8 Å². The van der Waals surface area contributed by atoms with Crippen molar-refractivity contribution in [3.8, 4) is 0 Å². The molecule has 0 aromatic heterocycles. The van der Waals surface area contributed by atoms with Crippen molar-refractivity contribution >= 4 is 0 Å². The number of nitrogens with one attached hydrogen (secondary N) is 1. The van der Waals surface area contributed by atoms with Crippen LogP contribution in [0.25, 0.3) is 0 Å². The molecule has 332 valence electrons. The van der Waals surface area contributed by atoms with Crippen LogP contribution in [-0.4, -0.2) is 28.7 Å². The number of rotatable bonds is 34. The molecular formula is C52H103N2O2+. The molecule has 6 N–H and O–H groups in total. The quantitative estimate of drug-likeness (QED) is 0.0298. The van der Waals surface area contributed by atoms with Gasteiger partial charge in [0.1, 0.15) is 6.23 Å². The van der Waals surface area contributed by atoms with E-state index in [1.807, 2.05) is 13.8 Å². The van der Waals surface area contributed by atoms with Crippen molar-refractivity contribution < 1.29 is 15.9 Å². The summed E-state index contributed by atoms with van der Waals surface area (Å²) in [4.78, 5) is 0. The van der Waals surface area contributed by atoms with Crippen molar-refractivity contribution in [2.24, 2.45) is 23.7 Å². The highest BCUT2D eigenvalue weighted by molar-refractivity contribution is 5.17. The normalized spacial score (nSPS) is 17.9. The third-order valence-corrected chi connectivity index (χ3v) is 11.0. The first-order chi connectivity index (χ1) is 26.9. The van der Waals surface area contributed by atoms with Gasteiger partial charge in [-0.3, -0.25) is 5.32 Å². The summed E-state index contributed by atoms with van der Waals surface area (Å²) >= 11 is 0. The summed E-state index contributed by atoms with van der Waals surface area (Å²) in [5, 5.41) is 21.5. The molecule has 0 heterocycles. The molecule has 0 saturated heterocycles. The number of hydrogen-bond acceptors (Lipinski definition) is 3. The summed E-state index contributed by atoms with van der Waals surface area (Å²) in [6.07, 6.45) is 46.3. The van der Waals surface area contributed by atoms with Crippen LogP contribution in [0.5, 0.6) is 0 Å². The highest BCUT2D eigenvalue weighted by atomic mass is 16.3. The van der Waals surface area contributed by atoms with Gasteiger partial charge in [-0.25, -0.2) is 0 Å². The smallest absolute Gasteiger partial charge is 0.186 e. The first-order valence-electron chi connectivity index (χ1n) is 24.5. The molecule has 4 nitrogen and oxygen atoms in total. The van der Waals surface area contributed by atoms with Gasteiger partial charge < -0.3 is 15.9 Å². The fraction of sp³-hybridized carbons (Fsp3) is 0.846. The summed E-state index contributed by atoms with van der Waals surface area (Å²) in [5.74, 6) is 3.35. The first kappa shape index (κ1) is 56.9. The van der Waals surface area contributed by atoms with Gasteiger partial charge in [0, 0.05) is 12.5 Å². The Morgan fingerprint density at radius 1 is 0.714 bits per heavy atom. The zero-order valence-corrected chi connectivity index (χ0v) is 39.4. The largest absolute Gasteiger partial charge is 0.379 e. The number of quaternary nitrogens is 1. The third kappa shape index (κ3) is 39.6. The maximum absolute atomic E-state index is 9.40. The second kappa shape index (κ2) is 41.9. The molecule has 1 rings (SSSR count). The Kier molecular flexibility index (Phi) is 42.6. The number of hydrogen-bond donors (Lipinski definition) is 4. The van der Waals surface area contributed by atoms with E-state index in [-0.39, 0.29) is 6.23 Å². The summed E-state index contributed by atoms with van der Waals surface area (Å²) in [6.45, 7) is 25.3. The predicted molar refractivity (Wildman–Crippen MR) is 252 cm³/mol. The molecule has 0 fully saturated rings. The van der Waals surface area contributed by atoms with E-state index in [9.17, 15) is 5.11 Å². The highest BCUT2D eigenvalue weighted by Gasteiger charge is 2.30. The lowest BCUT2D eigenvalue weighted by molar-refractivity contribution is -0.483. The lowest BCUT2D eigenvalue weighted by atomic mass is 9.69. The van der Waals surface area contributed by atoms with E-state index >= 15 is 0 Å². The summed E-state index contributed by atoms with van der Waals surface area (Å²) < 4.78 is 0. The first-order valence-corrected chi connectivity index (χ1v) is 24.5. The molecule has 0 saturated carbocycles. The topological polar surface area (TPSA) is 80.1 Å². The minimum absolute atomic E-state index is 0.310. The van der Waals surface area contributed by atoms with Crippen LogP contribution in [0.4, 0.5) is 0 Å². The molecule has 4 heteroatoms. The van der Waals surface area contributed by atoms with Gasteiger partial charge in [-0.1, -0.05) is 180 Å². The Labute approximate surface area is 352 Å². The van der Waals surface area contributed by atoms with Crippen LogP contribution in [0.1, 0.15) is 242 Å². The fourth-order valence-corrected chi connectivity index (χ4v) is 7.84. The molecule has 0 radical (unpaired) electrons. The van der Waals surface area contributed by atoms with Gasteiger partial charge in [-0.05, 0) is 121 Å². The van der Waals surface area contributed by atoms with Crippen LogP contribution in [-0.2, 0) is 0 Å². The standard InChI is InChI=1S/C41H75NO.C7H17NO.C4H10/c1-5-8-11-14-16-20-25-30-39-34-37(28-23-13-10-7-3)38(29-24-19-15-12-9-6-2)35-40(39)31-26-21-17-18-22-27-36(4)32-33-41(42)43;1-4-5-7(9)8-6(2)3;1-4(2)3/h5,19,24,35,37,39-41,43H,1,4,6-18,20-23,25-34,42H2,2-3H3;6-9H,4-5H2,1-3H3;4H,1-3H3/p+1/b24-19+;;. The molecule has 0 spiro atoms. The third-order valence-electron chi connectivity index (χ3n) is 11.0. The predicted octanol–water partition coefficient (Wildman–Crippen LogP) is 15.0. The molecular weight excluding hydrogens is 685 g/mol. The molecule has 0 aromatic rings. The Morgan fingerprint density at radius 3 is 1.88 bits per heavy atom. The van der Waals surface area contributed by atoms with Crippen molar-refractivity contribution in [2.45, 2.75) is 260 Å². The SMILES string of the molecule is C=CCCCCCCCC1CC(CCCCCC)C(C/C=C/CCCCC)=CC1CCCCCCCC(=C)CCC([NH3+])O.CC(C)C.CCCC(O)NC(C)C. The van der Waals surface area contributed by atoms with Gasteiger partial charge in [0.15, 0.2) is 6.23 Å². The molecule has 0 aromatic carbocycles. The van der Waals surface area contributed by atoms with E-state index in [4.69, 9.17) is 5.11 Å². The van der Waals surface area contributed by atoms with Gasteiger partial charge in [0.05, 0.1) is 0 Å². The molecule has 1 aliphatic carbocycles. The van der Waals surface area contributed by atoms with Crippen molar-refractivity contribution in [2.75, 3.05) is 0 Å². The number of aliphatic hydroxyl groups excluding tert-OH is 2. The Morgan fingerprint density at radius 2 is 1.27 bits per heavy atom. The molecule has 0 bridgehead atoms. The van der Waals surface area contributed by atoms with Gasteiger partial charge in [0.25, 0.3) is 0 Å². The fourth-order valence-electron chi connectivity index (χ4n) is 7.84. The van der Waals surface area contributed by atoms with Crippen LogP contribution in [0.2, 0.25) is 0 Å². The molecule has 5 atom stereocenters. The number of allylic oxidation sites excluding steroid dienone is 6. The maximum atomic E-state index is 9.40. The lowest BCUT2D eigenvalue weighted by Gasteiger charge is -2.36. The second-order valence-electron chi connectivity index (χ2n) is 18.4. The molecule has 1 aliphatic rings. The van der Waals surface area contributed by atoms with Crippen LogP contribution >= 0.6 is 0 Å². The van der Waals surface area contributed by atoms with Crippen LogP contribution in [0, 0.1) is 23.7 Å². The minimum Gasteiger partial charge on any atom is -0.379 e. The maximum Gasteiger partial charge on any atom is 0.186 e. The molecule has 0 amide bonds. The average molecular weight is 788 g/mol. The summed E-state index contributed by atoms with van der Waals surface area (Å²) in [7, 11) is 0. The summed E-state index contributed by atoms with van der Waals surface area (Å²) in [5.41, 5.74) is 6.76. The Hall–Kier alpha value is -1.20. The van der Waals surface area contributed by atoms with E-state index < -0.39 is 6.23 Å². The van der Waals surface area contributed by atoms with Gasteiger partial charge in [0.2, 0.25) is 0 Å². The monoisotopic (exact) mass is 788 g/mol. The zero-order chi connectivity index (χ0) is 42.2. The zero-order valence-electron chi connectivity index (χ0n) is 39.4. The highest BCUT2D eigenvalue weighted by Crippen LogP contribution is 2.42. The minimum atomic E-state index is -0.449. The van der Waals surface area contributed by atoms with Gasteiger partial charge in [-0.2, -0.15) is 0 Å². The van der Waals surface area contributed by atoms with E-state index in [0.29, 0.717) is 6.04 Å². The van der Waals surface area contributed by atoms with Crippen LogP contribution < -0.4 is 11.1 Å². The van der Waals surface area contributed by atoms with E-state index in [1.54, 1.807) is 5.57 Å². The lowest BCUT2D eigenvalue weighted by Crippen LogP contribution is -2.60. The van der Waals surface area contributed by atoms with Crippen molar-refractivity contribution in [3.05, 3.63) is 48.6 Å². The van der Waals surface area contributed by atoms with Crippen molar-refractivity contribution in [1.29, 1.82) is 0 Å². The molecule has 0 aliphatic heterocycles. The van der Waals surface area contributed by atoms with Crippen LogP contribution in [0.15, 0.2) is 48.6 Å². The molecule has 56 heavy (non-hydrogen) atoms. The van der Waals surface area contributed by atoms with Crippen LogP contribution in [0.3, 0.4) is 0 Å². The molecule has 5 unspecified atom stereocenters. The van der Waals surface area contributed by atoms with Crippen molar-refractivity contribution in [1.82, 2.24) is 5.32 Å². The summed E-state index contributed by atoms with van der Waals surface area (Å²) in [6, 6.07) is 0.381. The van der Waals surface area contributed by atoms with Gasteiger partial charge >= 0.3 is 0 Å². The van der Waals surface area contributed by atoms with E-state index in [1.165, 1.54) is 160 Å². The Bertz CT molecular complexity index is 904.